The first-order chi connectivity index (χ1) is 6.25. The molecule has 0 saturated heterocycles. The summed E-state index contributed by atoms with van der Waals surface area (Å²) < 4.78 is 0. The molecule has 0 aliphatic carbocycles. The predicted octanol–water partition coefficient (Wildman–Crippen LogP) is 4.33. The summed E-state index contributed by atoms with van der Waals surface area (Å²) in [6.45, 7) is 0. The van der Waals surface area contributed by atoms with Crippen LogP contribution in [-0.4, -0.2) is 5.75 Å². The number of allylic oxidation sites excluding steroid dienone is 1. The largest absolute Gasteiger partial charge is 0.179 e. The lowest BCUT2D eigenvalue weighted by atomic mass is 10.2. The Morgan fingerprint density at radius 1 is 1.23 bits per heavy atom. The quantitative estimate of drug-likeness (QED) is 0.738. The van der Waals surface area contributed by atoms with E-state index in [4.69, 9.17) is 23.2 Å². The summed E-state index contributed by atoms with van der Waals surface area (Å²) >= 11 is 16.0. The molecule has 0 aromatic heterocycles. The zero-order valence-electron chi connectivity index (χ0n) is 7.00. The van der Waals surface area contributed by atoms with Crippen LogP contribution in [0.25, 0.3) is 6.08 Å². The first-order valence-corrected chi connectivity index (χ1v) is 5.36. The number of benzene rings is 1. The second-order valence-corrected chi connectivity index (χ2v) is 3.81. The van der Waals surface area contributed by atoms with Gasteiger partial charge in [0.25, 0.3) is 0 Å². The summed E-state index contributed by atoms with van der Waals surface area (Å²) in [5.74, 6) is 0.832. The molecule has 0 nitrogen and oxygen atoms in total. The molecule has 0 saturated carbocycles. The van der Waals surface area contributed by atoms with Crippen LogP contribution in [0.15, 0.2) is 24.3 Å². The van der Waals surface area contributed by atoms with Crippen molar-refractivity contribution in [1.82, 2.24) is 0 Å². The Hall–Kier alpha value is -0.110. The first kappa shape index (κ1) is 11.0. The van der Waals surface area contributed by atoms with E-state index in [0.717, 1.165) is 17.7 Å². The highest BCUT2D eigenvalue weighted by Crippen LogP contribution is 2.25. The zero-order chi connectivity index (χ0) is 9.68. The third-order valence-corrected chi connectivity index (χ3v) is 2.50. The summed E-state index contributed by atoms with van der Waals surface area (Å²) in [5, 5.41) is 1.37. The third-order valence-electron chi connectivity index (χ3n) is 1.58. The van der Waals surface area contributed by atoms with E-state index < -0.39 is 0 Å². The Labute approximate surface area is 94.0 Å². The van der Waals surface area contributed by atoms with Crippen LogP contribution in [0.2, 0.25) is 10.0 Å². The lowest BCUT2D eigenvalue weighted by Gasteiger charge is -1.99. The number of halogens is 2. The fourth-order valence-corrected chi connectivity index (χ4v) is 1.62. The molecule has 0 amide bonds. The van der Waals surface area contributed by atoms with Crippen molar-refractivity contribution in [3.8, 4) is 0 Å². The summed E-state index contributed by atoms with van der Waals surface area (Å²) in [6.07, 6.45) is 4.87. The molecule has 1 aromatic rings. The van der Waals surface area contributed by atoms with Crippen LogP contribution in [0.3, 0.4) is 0 Å². The Kier molecular flexibility index (Phi) is 4.71. The number of thiol groups is 1. The highest BCUT2D eigenvalue weighted by atomic mass is 35.5. The van der Waals surface area contributed by atoms with Gasteiger partial charge in [0, 0.05) is 15.6 Å². The topological polar surface area (TPSA) is 0 Å². The van der Waals surface area contributed by atoms with Gasteiger partial charge in [-0.3, -0.25) is 0 Å². The number of hydrogen-bond donors (Lipinski definition) is 1. The van der Waals surface area contributed by atoms with Gasteiger partial charge in [-0.2, -0.15) is 12.6 Å². The number of rotatable bonds is 3. The SMILES string of the molecule is SCCC=Cc1c(Cl)cccc1Cl. The summed E-state index contributed by atoms with van der Waals surface area (Å²) in [6, 6.07) is 5.49. The van der Waals surface area contributed by atoms with E-state index in [1.54, 1.807) is 0 Å². The van der Waals surface area contributed by atoms with E-state index in [0.29, 0.717) is 10.0 Å². The van der Waals surface area contributed by atoms with Crippen molar-refractivity contribution in [1.29, 1.82) is 0 Å². The van der Waals surface area contributed by atoms with E-state index in [-0.39, 0.29) is 0 Å². The lowest BCUT2D eigenvalue weighted by molar-refractivity contribution is 1.26. The van der Waals surface area contributed by atoms with E-state index >= 15 is 0 Å². The fraction of sp³-hybridized carbons (Fsp3) is 0.200. The molecule has 0 spiro atoms. The first-order valence-electron chi connectivity index (χ1n) is 3.97. The summed E-state index contributed by atoms with van der Waals surface area (Å²) in [4.78, 5) is 0. The fourth-order valence-electron chi connectivity index (χ4n) is 0.946. The maximum absolute atomic E-state index is 5.95. The van der Waals surface area contributed by atoms with Crippen molar-refractivity contribution in [2.75, 3.05) is 5.75 Å². The second kappa shape index (κ2) is 5.58. The molecule has 0 bridgehead atoms. The standard InChI is InChI=1S/C10H10Cl2S/c11-9-5-3-6-10(12)8(9)4-1-2-7-13/h1,3-6,13H,2,7H2. The molecule has 0 radical (unpaired) electrons. The summed E-state index contributed by atoms with van der Waals surface area (Å²) in [5.41, 5.74) is 0.882. The van der Waals surface area contributed by atoms with Gasteiger partial charge in [0.15, 0.2) is 0 Å². The van der Waals surface area contributed by atoms with Gasteiger partial charge in [-0.25, -0.2) is 0 Å². The van der Waals surface area contributed by atoms with Crippen LogP contribution in [0.5, 0.6) is 0 Å². The van der Waals surface area contributed by atoms with Crippen LogP contribution in [0.4, 0.5) is 0 Å². The minimum absolute atomic E-state index is 0.683. The van der Waals surface area contributed by atoms with Crippen molar-refractivity contribution in [2.45, 2.75) is 6.42 Å². The molecule has 0 fully saturated rings. The van der Waals surface area contributed by atoms with Crippen LogP contribution < -0.4 is 0 Å². The lowest BCUT2D eigenvalue weighted by Crippen LogP contribution is -1.77. The Morgan fingerprint density at radius 3 is 2.38 bits per heavy atom. The van der Waals surface area contributed by atoms with E-state index in [1.165, 1.54) is 0 Å². The van der Waals surface area contributed by atoms with Gasteiger partial charge >= 0.3 is 0 Å². The Morgan fingerprint density at radius 2 is 1.85 bits per heavy atom. The van der Waals surface area contributed by atoms with Crippen molar-refractivity contribution < 1.29 is 0 Å². The monoisotopic (exact) mass is 232 g/mol. The second-order valence-electron chi connectivity index (χ2n) is 2.55. The average Bonchev–Trinajstić information content (AvgIpc) is 2.10. The Bertz CT molecular complexity index is 288. The van der Waals surface area contributed by atoms with Crippen LogP contribution in [0, 0.1) is 0 Å². The maximum atomic E-state index is 5.95. The van der Waals surface area contributed by atoms with Gasteiger partial charge in [-0.15, -0.1) is 0 Å². The van der Waals surface area contributed by atoms with E-state index in [1.807, 2.05) is 30.4 Å². The van der Waals surface area contributed by atoms with Crippen LogP contribution >= 0.6 is 35.8 Å². The highest BCUT2D eigenvalue weighted by Gasteiger charge is 1.99. The van der Waals surface area contributed by atoms with Gasteiger partial charge in [0.1, 0.15) is 0 Å². The van der Waals surface area contributed by atoms with Crippen LogP contribution in [-0.2, 0) is 0 Å². The normalized spacial score (nSPS) is 11.0. The van der Waals surface area contributed by atoms with Gasteiger partial charge in [0.2, 0.25) is 0 Å². The number of hydrogen-bond acceptors (Lipinski definition) is 1. The van der Waals surface area contributed by atoms with E-state index in [9.17, 15) is 0 Å². The van der Waals surface area contributed by atoms with E-state index in [2.05, 4.69) is 12.6 Å². The molecular weight excluding hydrogens is 223 g/mol. The van der Waals surface area contributed by atoms with Gasteiger partial charge < -0.3 is 0 Å². The predicted molar refractivity (Wildman–Crippen MR) is 64.0 cm³/mol. The Balaban J connectivity index is 2.87. The highest BCUT2D eigenvalue weighted by molar-refractivity contribution is 7.80. The third kappa shape index (κ3) is 3.26. The molecular formula is C10H10Cl2S. The molecule has 0 heterocycles. The summed E-state index contributed by atoms with van der Waals surface area (Å²) in [7, 11) is 0. The molecule has 1 aromatic carbocycles. The van der Waals surface area contributed by atoms with Crippen LogP contribution in [0.1, 0.15) is 12.0 Å². The average molecular weight is 233 g/mol. The molecule has 0 atom stereocenters. The van der Waals surface area contributed by atoms with Crippen molar-refractivity contribution in [3.05, 3.63) is 39.9 Å². The van der Waals surface area contributed by atoms with Crippen molar-refractivity contribution in [3.63, 3.8) is 0 Å². The molecule has 13 heavy (non-hydrogen) atoms. The molecule has 0 N–H and O–H groups in total. The van der Waals surface area contributed by atoms with Crippen molar-refractivity contribution in [2.24, 2.45) is 0 Å². The smallest absolute Gasteiger partial charge is 0.0493 e. The minimum atomic E-state index is 0.683. The molecule has 3 heteroatoms. The zero-order valence-corrected chi connectivity index (χ0v) is 9.41. The molecule has 70 valence electrons. The molecule has 0 aliphatic rings. The van der Waals surface area contributed by atoms with Gasteiger partial charge in [-0.1, -0.05) is 41.4 Å². The minimum Gasteiger partial charge on any atom is -0.179 e. The molecule has 1 rings (SSSR count). The van der Waals surface area contributed by atoms with Crippen molar-refractivity contribution >= 4 is 41.9 Å². The molecule has 0 aliphatic heterocycles. The van der Waals surface area contributed by atoms with Gasteiger partial charge in [0.05, 0.1) is 0 Å². The maximum Gasteiger partial charge on any atom is 0.0493 e. The van der Waals surface area contributed by atoms with Gasteiger partial charge in [-0.05, 0) is 24.3 Å². The molecule has 0 unspecified atom stereocenters.